The first-order valence-corrected chi connectivity index (χ1v) is 11.3. The van der Waals surface area contributed by atoms with Crippen molar-refractivity contribution in [2.24, 2.45) is 0 Å². The molecule has 4 rings (SSSR count). The zero-order chi connectivity index (χ0) is 20.3. The van der Waals surface area contributed by atoms with Crippen molar-refractivity contribution < 1.29 is 22.7 Å². The van der Waals surface area contributed by atoms with Crippen LogP contribution in [-0.4, -0.2) is 33.6 Å². The van der Waals surface area contributed by atoms with E-state index < -0.39 is 10.0 Å². The van der Waals surface area contributed by atoms with Crippen LogP contribution in [0.5, 0.6) is 11.5 Å². The van der Waals surface area contributed by atoms with Crippen LogP contribution in [0.1, 0.15) is 42.5 Å². The van der Waals surface area contributed by atoms with E-state index in [2.05, 4.69) is 10.0 Å². The van der Waals surface area contributed by atoms with Gasteiger partial charge in [0.2, 0.25) is 0 Å². The zero-order valence-electron chi connectivity index (χ0n) is 16.0. The molecule has 0 unspecified atom stereocenters. The van der Waals surface area contributed by atoms with E-state index in [1.165, 1.54) is 18.6 Å². The lowest BCUT2D eigenvalue weighted by molar-refractivity contribution is 0.0928. The number of para-hydroxylation sites is 1. The fourth-order valence-electron chi connectivity index (χ4n) is 3.67. The summed E-state index contributed by atoms with van der Waals surface area (Å²) >= 11 is 0. The Hall–Kier alpha value is -2.74. The van der Waals surface area contributed by atoms with Crippen LogP contribution < -0.4 is 19.5 Å². The number of carbonyl (C=O) groups excluding carboxylic acids is 1. The van der Waals surface area contributed by atoms with Gasteiger partial charge in [-0.15, -0.1) is 0 Å². The Labute approximate surface area is 170 Å². The highest BCUT2D eigenvalue weighted by Gasteiger charge is 2.23. The summed E-state index contributed by atoms with van der Waals surface area (Å²) in [5, 5.41) is 3.03. The average Bonchev–Trinajstić information content (AvgIpc) is 2.74. The molecule has 1 heterocycles. The monoisotopic (exact) mass is 416 g/mol. The van der Waals surface area contributed by atoms with Crippen molar-refractivity contribution in [1.82, 2.24) is 5.32 Å². The predicted octanol–water partition coefficient (Wildman–Crippen LogP) is 3.32. The third kappa shape index (κ3) is 4.48. The molecule has 0 spiro atoms. The molecule has 2 aliphatic rings. The molecule has 8 heteroatoms. The molecule has 1 saturated carbocycles. The van der Waals surface area contributed by atoms with Crippen molar-refractivity contribution in [2.45, 2.75) is 43.0 Å². The van der Waals surface area contributed by atoms with Crippen LogP contribution in [0.3, 0.4) is 0 Å². The van der Waals surface area contributed by atoms with Crippen molar-refractivity contribution in [1.29, 1.82) is 0 Å². The summed E-state index contributed by atoms with van der Waals surface area (Å²) in [6, 6.07) is 11.2. The van der Waals surface area contributed by atoms with Gasteiger partial charge >= 0.3 is 0 Å². The van der Waals surface area contributed by atoms with Crippen LogP contribution in [0.4, 0.5) is 5.69 Å². The van der Waals surface area contributed by atoms with Gasteiger partial charge in [0.25, 0.3) is 15.9 Å². The highest BCUT2D eigenvalue weighted by atomic mass is 32.2. The second-order valence-electron chi connectivity index (χ2n) is 7.26. The predicted molar refractivity (Wildman–Crippen MR) is 109 cm³/mol. The Balaban J connectivity index is 1.55. The first-order chi connectivity index (χ1) is 14.0. The molecule has 0 radical (unpaired) electrons. The molecule has 29 heavy (non-hydrogen) atoms. The number of nitrogens with one attached hydrogen (secondary N) is 2. The number of amides is 1. The molecule has 7 nitrogen and oxygen atoms in total. The van der Waals surface area contributed by atoms with E-state index in [1.807, 2.05) is 0 Å². The molecular formula is C21H24N2O5S. The molecule has 2 aromatic carbocycles. The number of fused-ring (bicyclic) bond motifs is 1. The molecule has 0 saturated heterocycles. The Bertz CT molecular complexity index is 1000. The van der Waals surface area contributed by atoms with Crippen LogP contribution >= 0.6 is 0 Å². The molecule has 0 atom stereocenters. The quantitative estimate of drug-likeness (QED) is 0.780. The van der Waals surface area contributed by atoms with Crippen LogP contribution in [0.25, 0.3) is 0 Å². The van der Waals surface area contributed by atoms with Gasteiger partial charge in [0.15, 0.2) is 11.5 Å². The Morgan fingerprint density at radius 2 is 1.66 bits per heavy atom. The molecule has 1 aliphatic carbocycles. The molecule has 1 fully saturated rings. The van der Waals surface area contributed by atoms with Gasteiger partial charge in [-0.25, -0.2) is 8.42 Å². The third-order valence-corrected chi connectivity index (χ3v) is 6.54. The maximum Gasteiger partial charge on any atom is 0.262 e. The van der Waals surface area contributed by atoms with E-state index in [0.29, 0.717) is 30.3 Å². The van der Waals surface area contributed by atoms with Gasteiger partial charge in [-0.1, -0.05) is 31.4 Å². The second-order valence-corrected chi connectivity index (χ2v) is 8.95. The maximum absolute atomic E-state index is 12.9. The molecule has 0 bridgehead atoms. The number of ether oxygens (including phenoxy) is 2. The molecule has 0 aromatic heterocycles. The fraction of sp³-hybridized carbons (Fsp3) is 0.381. The van der Waals surface area contributed by atoms with Crippen molar-refractivity contribution in [3.8, 4) is 11.5 Å². The summed E-state index contributed by atoms with van der Waals surface area (Å²) in [6.07, 6.45) is 5.30. The van der Waals surface area contributed by atoms with Crippen molar-refractivity contribution in [2.75, 3.05) is 17.9 Å². The van der Waals surface area contributed by atoms with Crippen LogP contribution in [0, 0.1) is 0 Å². The van der Waals surface area contributed by atoms with E-state index in [0.717, 1.165) is 25.7 Å². The SMILES string of the molecule is O=C(NC1CCCCC1)c1ccccc1NS(=O)(=O)c1ccc2c(c1)OCCO2. The van der Waals surface area contributed by atoms with Gasteiger partial charge in [0, 0.05) is 12.1 Å². The molecule has 1 aliphatic heterocycles. The number of rotatable bonds is 5. The van der Waals surface area contributed by atoms with E-state index in [-0.39, 0.29) is 22.5 Å². The van der Waals surface area contributed by atoms with Gasteiger partial charge in [0.1, 0.15) is 13.2 Å². The first-order valence-electron chi connectivity index (χ1n) is 9.85. The standard InChI is InChI=1S/C21H24N2O5S/c24-21(22-15-6-2-1-3-7-15)17-8-4-5-9-18(17)23-29(25,26)16-10-11-19-20(14-16)28-13-12-27-19/h4-5,8-11,14-15,23H,1-3,6-7,12-13H2,(H,22,24). The topological polar surface area (TPSA) is 93.7 Å². The smallest absolute Gasteiger partial charge is 0.262 e. The number of anilines is 1. The number of hydrogen-bond donors (Lipinski definition) is 2. The summed E-state index contributed by atoms with van der Waals surface area (Å²) < 4.78 is 39.3. The van der Waals surface area contributed by atoms with E-state index >= 15 is 0 Å². The lowest BCUT2D eigenvalue weighted by Crippen LogP contribution is -2.36. The molecule has 2 N–H and O–H groups in total. The highest BCUT2D eigenvalue weighted by Crippen LogP contribution is 2.33. The lowest BCUT2D eigenvalue weighted by Gasteiger charge is -2.23. The van der Waals surface area contributed by atoms with E-state index in [9.17, 15) is 13.2 Å². The zero-order valence-corrected chi connectivity index (χ0v) is 16.8. The molecule has 1 amide bonds. The summed E-state index contributed by atoms with van der Waals surface area (Å²) in [6.45, 7) is 0.801. The van der Waals surface area contributed by atoms with Crippen molar-refractivity contribution >= 4 is 21.6 Å². The normalized spacial score (nSPS) is 16.8. The lowest BCUT2D eigenvalue weighted by atomic mass is 9.95. The van der Waals surface area contributed by atoms with E-state index in [4.69, 9.17) is 9.47 Å². The fourth-order valence-corrected chi connectivity index (χ4v) is 4.77. The molecule has 154 valence electrons. The van der Waals surface area contributed by atoms with Crippen LogP contribution in [0.15, 0.2) is 47.4 Å². The van der Waals surface area contributed by atoms with Gasteiger partial charge in [-0.05, 0) is 37.1 Å². The molecular weight excluding hydrogens is 392 g/mol. The average molecular weight is 416 g/mol. The minimum atomic E-state index is -3.90. The van der Waals surface area contributed by atoms with Crippen molar-refractivity contribution in [3.05, 3.63) is 48.0 Å². The van der Waals surface area contributed by atoms with Gasteiger partial charge in [0.05, 0.1) is 16.1 Å². The minimum absolute atomic E-state index is 0.0456. The van der Waals surface area contributed by atoms with Gasteiger partial charge in [-0.3, -0.25) is 9.52 Å². The van der Waals surface area contributed by atoms with Crippen molar-refractivity contribution in [3.63, 3.8) is 0 Å². The second kappa shape index (κ2) is 8.32. The Morgan fingerprint density at radius 1 is 0.931 bits per heavy atom. The van der Waals surface area contributed by atoms with Crippen LogP contribution in [0.2, 0.25) is 0 Å². The molecule has 2 aromatic rings. The Kier molecular flexibility index (Phi) is 5.62. The minimum Gasteiger partial charge on any atom is -0.486 e. The van der Waals surface area contributed by atoms with Gasteiger partial charge < -0.3 is 14.8 Å². The number of carbonyl (C=O) groups is 1. The first kappa shape index (κ1) is 19.6. The summed E-state index contributed by atoms with van der Waals surface area (Å²) in [5.74, 6) is 0.641. The third-order valence-electron chi connectivity index (χ3n) is 5.18. The summed E-state index contributed by atoms with van der Waals surface area (Å²) in [5.41, 5.74) is 0.551. The Morgan fingerprint density at radius 3 is 2.45 bits per heavy atom. The van der Waals surface area contributed by atoms with E-state index in [1.54, 1.807) is 30.3 Å². The van der Waals surface area contributed by atoms with Crippen LogP contribution in [-0.2, 0) is 10.0 Å². The summed E-state index contributed by atoms with van der Waals surface area (Å²) in [4.78, 5) is 12.8. The number of hydrogen-bond acceptors (Lipinski definition) is 5. The number of benzene rings is 2. The largest absolute Gasteiger partial charge is 0.486 e. The number of sulfonamides is 1. The maximum atomic E-state index is 12.9. The highest BCUT2D eigenvalue weighted by molar-refractivity contribution is 7.92. The van der Waals surface area contributed by atoms with Gasteiger partial charge in [-0.2, -0.15) is 0 Å². The summed E-state index contributed by atoms with van der Waals surface area (Å²) in [7, 11) is -3.90.